The quantitative estimate of drug-likeness (QED) is 0.513. The molecule has 0 fully saturated rings. The van der Waals surface area contributed by atoms with Gasteiger partial charge in [-0.2, -0.15) is 4.98 Å². The smallest absolute Gasteiger partial charge is 0.336 e. The Hall–Kier alpha value is -2.81. The molecule has 0 spiro atoms. The second kappa shape index (κ2) is 7.39. The molecule has 0 aliphatic carbocycles. The number of amides is 1. The Labute approximate surface area is 147 Å². The number of aryl methyl sites for hydroxylation is 1. The second-order valence-electron chi connectivity index (χ2n) is 5.14. The van der Waals surface area contributed by atoms with Crippen LogP contribution in [0.5, 0.6) is 5.75 Å². The third-order valence-electron chi connectivity index (χ3n) is 3.29. The van der Waals surface area contributed by atoms with Crippen molar-refractivity contribution in [3.63, 3.8) is 0 Å². The van der Waals surface area contributed by atoms with E-state index in [0.29, 0.717) is 16.5 Å². The summed E-state index contributed by atoms with van der Waals surface area (Å²) >= 11 is 1.46. The van der Waals surface area contributed by atoms with Crippen LogP contribution in [0.4, 0.5) is 5.95 Å². The fourth-order valence-electron chi connectivity index (χ4n) is 2.21. The van der Waals surface area contributed by atoms with Crippen LogP contribution >= 0.6 is 11.8 Å². The molecule has 3 aromatic rings. The lowest BCUT2D eigenvalue weighted by Crippen LogP contribution is -2.20. The van der Waals surface area contributed by atoms with Crippen molar-refractivity contribution in [2.24, 2.45) is 0 Å². The molecule has 0 bridgehead atoms. The largest absolute Gasteiger partial charge is 0.484 e. The number of hydrogen-bond donors (Lipinski definition) is 2. The Morgan fingerprint density at radius 3 is 3.04 bits per heavy atom. The minimum Gasteiger partial charge on any atom is -0.484 e. The molecule has 3 rings (SSSR count). The van der Waals surface area contributed by atoms with Crippen molar-refractivity contribution in [2.45, 2.75) is 19.0 Å². The number of anilines is 1. The van der Waals surface area contributed by atoms with E-state index in [0.717, 1.165) is 16.7 Å². The number of carbonyl (C=O) groups excluding carboxylic acids is 1. The van der Waals surface area contributed by atoms with E-state index in [-0.39, 0.29) is 18.5 Å². The molecule has 9 heteroatoms. The van der Waals surface area contributed by atoms with Gasteiger partial charge in [-0.05, 0) is 30.4 Å². The molecule has 8 nitrogen and oxygen atoms in total. The van der Waals surface area contributed by atoms with Gasteiger partial charge in [0.1, 0.15) is 11.3 Å². The molecule has 1 aromatic carbocycles. The van der Waals surface area contributed by atoms with Crippen LogP contribution < -0.4 is 15.7 Å². The molecule has 2 aromatic heterocycles. The molecule has 0 saturated carbocycles. The lowest BCUT2D eigenvalue weighted by Gasteiger charge is -2.07. The first-order valence-corrected chi connectivity index (χ1v) is 8.56. The molecule has 0 saturated heterocycles. The molecule has 1 amide bonds. The Kier molecular flexibility index (Phi) is 5.03. The predicted molar refractivity (Wildman–Crippen MR) is 94.1 cm³/mol. The summed E-state index contributed by atoms with van der Waals surface area (Å²) in [7, 11) is 0. The van der Waals surface area contributed by atoms with Crippen LogP contribution in [0, 0.1) is 6.92 Å². The van der Waals surface area contributed by atoms with Gasteiger partial charge in [-0.3, -0.25) is 10.1 Å². The number of aromatic nitrogens is 3. The maximum absolute atomic E-state index is 11.9. The van der Waals surface area contributed by atoms with E-state index in [4.69, 9.17) is 9.15 Å². The minimum absolute atomic E-state index is 0.210. The lowest BCUT2D eigenvalue weighted by molar-refractivity contribution is -0.118. The van der Waals surface area contributed by atoms with Gasteiger partial charge in [0.25, 0.3) is 5.91 Å². The maximum atomic E-state index is 11.9. The van der Waals surface area contributed by atoms with Crippen LogP contribution in [0.15, 0.2) is 38.6 Å². The fourth-order valence-corrected chi connectivity index (χ4v) is 2.73. The zero-order valence-corrected chi connectivity index (χ0v) is 14.5. The number of fused-ring (bicyclic) bond motifs is 1. The van der Waals surface area contributed by atoms with Gasteiger partial charge in [0, 0.05) is 17.5 Å². The monoisotopic (exact) mass is 360 g/mol. The number of nitrogens with one attached hydrogen (secondary N) is 2. The van der Waals surface area contributed by atoms with Crippen molar-refractivity contribution < 1.29 is 13.9 Å². The summed E-state index contributed by atoms with van der Waals surface area (Å²) in [5, 5.41) is 10.5. The number of aromatic amines is 1. The molecule has 130 valence electrons. The van der Waals surface area contributed by atoms with E-state index < -0.39 is 5.63 Å². The second-order valence-corrected chi connectivity index (χ2v) is 6.37. The number of rotatable bonds is 6. The average Bonchev–Trinajstić information content (AvgIpc) is 3.00. The molecule has 0 aliphatic heterocycles. The Balaban J connectivity index is 1.63. The summed E-state index contributed by atoms with van der Waals surface area (Å²) in [4.78, 5) is 27.5. The summed E-state index contributed by atoms with van der Waals surface area (Å²) in [5.74, 6) is 1.15. The van der Waals surface area contributed by atoms with E-state index in [1.54, 1.807) is 18.2 Å². The Morgan fingerprint density at radius 1 is 1.40 bits per heavy atom. The molecular weight excluding hydrogens is 344 g/mol. The van der Waals surface area contributed by atoms with Gasteiger partial charge in [0.2, 0.25) is 11.1 Å². The van der Waals surface area contributed by atoms with E-state index in [1.807, 2.05) is 13.8 Å². The summed E-state index contributed by atoms with van der Waals surface area (Å²) in [6.45, 7) is 3.61. The Morgan fingerprint density at radius 2 is 2.24 bits per heavy atom. The minimum atomic E-state index is -0.425. The molecular formula is C16H16N4O4S. The van der Waals surface area contributed by atoms with E-state index in [9.17, 15) is 9.59 Å². The van der Waals surface area contributed by atoms with Crippen molar-refractivity contribution >= 4 is 34.6 Å². The highest BCUT2D eigenvalue weighted by Gasteiger charge is 2.09. The topological polar surface area (TPSA) is 110 Å². The third-order valence-corrected chi connectivity index (χ3v) is 4.02. The molecule has 0 radical (unpaired) electrons. The highest BCUT2D eigenvalue weighted by molar-refractivity contribution is 7.99. The first-order chi connectivity index (χ1) is 12.0. The van der Waals surface area contributed by atoms with Crippen LogP contribution in [-0.2, 0) is 4.79 Å². The molecule has 0 atom stereocenters. The van der Waals surface area contributed by atoms with Crippen LogP contribution in [0.2, 0.25) is 0 Å². The molecule has 0 unspecified atom stereocenters. The number of nitrogens with zero attached hydrogens (tertiary/aromatic N) is 2. The van der Waals surface area contributed by atoms with Crippen LogP contribution in [-0.4, -0.2) is 33.4 Å². The van der Waals surface area contributed by atoms with E-state index >= 15 is 0 Å². The number of benzene rings is 1. The number of carbonyl (C=O) groups is 1. The van der Waals surface area contributed by atoms with Crippen molar-refractivity contribution in [3.05, 3.63) is 40.2 Å². The molecule has 2 heterocycles. The maximum Gasteiger partial charge on any atom is 0.336 e. The highest BCUT2D eigenvalue weighted by atomic mass is 32.2. The number of thioether (sulfide) groups is 1. The van der Waals surface area contributed by atoms with Crippen molar-refractivity contribution in [1.29, 1.82) is 0 Å². The number of hydrogen-bond acceptors (Lipinski definition) is 7. The average molecular weight is 360 g/mol. The van der Waals surface area contributed by atoms with Crippen LogP contribution in [0.25, 0.3) is 11.0 Å². The summed E-state index contributed by atoms with van der Waals surface area (Å²) in [6.07, 6.45) is 0. The standard InChI is InChI=1S/C16H16N4O4S/c1-3-25-16-18-15(19-20-16)17-13(21)8-23-10-4-5-11-9(2)6-14(22)24-12(11)7-10/h4-7H,3,8H2,1-2H3,(H2,17,18,19,20,21). The third kappa shape index (κ3) is 4.18. The summed E-state index contributed by atoms with van der Waals surface area (Å²) in [5.41, 5.74) is 0.812. The zero-order chi connectivity index (χ0) is 17.8. The summed E-state index contributed by atoms with van der Waals surface area (Å²) in [6, 6.07) is 6.51. The van der Waals surface area contributed by atoms with E-state index in [1.165, 1.54) is 17.8 Å². The molecule has 25 heavy (non-hydrogen) atoms. The number of H-pyrrole nitrogens is 1. The van der Waals surface area contributed by atoms with Gasteiger partial charge < -0.3 is 9.15 Å². The van der Waals surface area contributed by atoms with Crippen molar-refractivity contribution in [2.75, 3.05) is 17.7 Å². The molecule has 0 aliphatic rings. The van der Waals surface area contributed by atoms with Gasteiger partial charge in [-0.15, -0.1) is 5.10 Å². The zero-order valence-electron chi connectivity index (χ0n) is 13.7. The van der Waals surface area contributed by atoms with Crippen LogP contribution in [0.1, 0.15) is 12.5 Å². The Bertz CT molecular complexity index is 966. The van der Waals surface area contributed by atoms with Crippen molar-refractivity contribution in [3.8, 4) is 5.75 Å². The highest BCUT2D eigenvalue weighted by Crippen LogP contribution is 2.22. The van der Waals surface area contributed by atoms with Gasteiger partial charge in [-0.1, -0.05) is 18.7 Å². The van der Waals surface area contributed by atoms with Gasteiger partial charge in [0.05, 0.1) is 0 Å². The SMILES string of the molecule is CCSc1n[nH]c(NC(=O)COc2ccc3c(C)cc(=O)oc3c2)n1. The first-order valence-electron chi connectivity index (χ1n) is 7.57. The summed E-state index contributed by atoms with van der Waals surface area (Å²) < 4.78 is 10.6. The van der Waals surface area contributed by atoms with Gasteiger partial charge >= 0.3 is 5.63 Å². The normalized spacial score (nSPS) is 10.8. The van der Waals surface area contributed by atoms with Gasteiger partial charge in [0.15, 0.2) is 6.61 Å². The van der Waals surface area contributed by atoms with Crippen molar-refractivity contribution in [1.82, 2.24) is 15.2 Å². The first kappa shape index (κ1) is 17.0. The number of ether oxygens (including phenoxy) is 1. The lowest BCUT2D eigenvalue weighted by atomic mass is 10.1. The predicted octanol–water partition coefficient (Wildman–Crippen LogP) is 2.35. The van der Waals surface area contributed by atoms with Crippen LogP contribution in [0.3, 0.4) is 0 Å². The van der Waals surface area contributed by atoms with Gasteiger partial charge in [-0.25, -0.2) is 9.89 Å². The van der Waals surface area contributed by atoms with E-state index in [2.05, 4.69) is 20.5 Å². The fraction of sp³-hybridized carbons (Fsp3) is 0.250. The molecule has 2 N–H and O–H groups in total.